The van der Waals surface area contributed by atoms with Crippen LogP contribution in [-0.4, -0.2) is 4.92 Å². The number of ether oxygens (including phenoxy) is 1. The molecular weight excluding hydrogens is 317 g/mol. The summed E-state index contributed by atoms with van der Waals surface area (Å²) in [6.07, 6.45) is 0. The molecule has 0 unspecified atom stereocenters. The molecule has 0 aliphatic rings. The summed E-state index contributed by atoms with van der Waals surface area (Å²) in [7, 11) is 0. The molecule has 0 fully saturated rings. The SMILES string of the molecule is Cc1ccc([N+](=O)[O-])c(Oc2ccc(F)cc2Br)c1. The van der Waals surface area contributed by atoms with Gasteiger partial charge >= 0.3 is 5.69 Å². The molecule has 0 heterocycles. The van der Waals surface area contributed by atoms with Crippen LogP contribution in [0.5, 0.6) is 11.5 Å². The van der Waals surface area contributed by atoms with E-state index in [-0.39, 0.29) is 11.4 Å². The molecule has 0 radical (unpaired) electrons. The average molecular weight is 326 g/mol. The molecular formula is C13H9BrFNO3. The summed E-state index contributed by atoms with van der Waals surface area (Å²) in [5.74, 6) is 0.0189. The van der Waals surface area contributed by atoms with E-state index < -0.39 is 10.7 Å². The monoisotopic (exact) mass is 325 g/mol. The molecule has 0 bridgehead atoms. The second kappa shape index (κ2) is 5.36. The summed E-state index contributed by atoms with van der Waals surface area (Å²) < 4.78 is 18.8. The Kier molecular flexibility index (Phi) is 3.80. The number of hydrogen-bond acceptors (Lipinski definition) is 3. The lowest BCUT2D eigenvalue weighted by Gasteiger charge is -2.08. The molecule has 2 aromatic carbocycles. The maximum absolute atomic E-state index is 13.0. The second-order valence-corrected chi connectivity index (χ2v) is 4.76. The van der Waals surface area contributed by atoms with Crippen LogP contribution in [0.1, 0.15) is 5.56 Å². The van der Waals surface area contributed by atoms with Crippen molar-refractivity contribution in [3.63, 3.8) is 0 Å². The van der Waals surface area contributed by atoms with Gasteiger partial charge in [0.25, 0.3) is 0 Å². The third-order valence-corrected chi connectivity index (χ3v) is 3.05. The molecule has 0 aliphatic carbocycles. The van der Waals surface area contributed by atoms with Crippen molar-refractivity contribution in [3.05, 3.63) is 62.4 Å². The molecule has 0 aliphatic heterocycles. The Balaban J connectivity index is 2.42. The lowest BCUT2D eigenvalue weighted by Crippen LogP contribution is -1.94. The zero-order valence-electron chi connectivity index (χ0n) is 9.89. The second-order valence-electron chi connectivity index (χ2n) is 3.91. The molecule has 6 heteroatoms. The van der Waals surface area contributed by atoms with Crippen LogP contribution in [0.3, 0.4) is 0 Å². The number of nitrogens with zero attached hydrogens (tertiary/aromatic N) is 1. The van der Waals surface area contributed by atoms with Crippen LogP contribution in [0.4, 0.5) is 10.1 Å². The van der Waals surface area contributed by atoms with Crippen molar-refractivity contribution in [1.29, 1.82) is 0 Å². The lowest BCUT2D eigenvalue weighted by molar-refractivity contribution is -0.385. The van der Waals surface area contributed by atoms with E-state index in [4.69, 9.17) is 4.74 Å². The first kappa shape index (κ1) is 13.5. The Hall–Kier alpha value is -1.95. The molecule has 0 amide bonds. The Morgan fingerprint density at radius 2 is 1.95 bits per heavy atom. The minimum Gasteiger partial charge on any atom is -0.449 e. The van der Waals surface area contributed by atoms with Crippen LogP contribution >= 0.6 is 15.9 Å². The highest BCUT2D eigenvalue weighted by molar-refractivity contribution is 9.10. The molecule has 0 aromatic heterocycles. The Morgan fingerprint density at radius 1 is 1.21 bits per heavy atom. The first-order chi connectivity index (χ1) is 8.97. The van der Waals surface area contributed by atoms with E-state index in [1.807, 2.05) is 0 Å². The number of aryl methyl sites for hydroxylation is 1. The lowest BCUT2D eigenvalue weighted by atomic mass is 10.2. The molecule has 98 valence electrons. The third-order valence-electron chi connectivity index (χ3n) is 2.43. The predicted octanol–water partition coefficient (Wildman–Crippen LogP) is 4.60. The van der Waals surface area contributed by atoms with Gasteiger partial charge in [-0.15, -0.1) is 0 Å². The van der Waals surface area contributed by atoms with Gasteiger partial charge in [0.1, 0.15) is 11.6 Å². The fourth-order valence-corrected chi connectivity index (χ4v) is 1.96. The minimum absolute atomic E-state index is 0.123. The Morgan fingerprint density at radius 3 is 2.58 bits per heavy atom. The van der Waals surface area contributed by atoms with Gasteiger partial charge in [-0.05, 0) is 52.7 Å². The number of nitro groups is 1. The molecule has 0 atom stereocenters. The number of hydrogen-bond donors (Lipinski definition) is 0. The molecule has 2 rings (SSSR count). The smallest absolute Gasteiger partial charge is 0.311 e. The predicted molar refractivity (Wildman–Crippen MR) is 72.0 cm³/mol. The standard InChI is InChI=1S/C13H9BrFNO3/c1-8-2-4-11(16(17)18)13(6-8)19-12-5-3-9(15)7-10(12)14/h2-7H,1H3. The van der Waals surface area contributed by atoms with E-state index in [2.05, 4.69) is 15.9 Å². The van der Waals surface area contributed by atoms with Crippen molar-refractivity contribution in [2.24, 2.45) is 0 Å². The highest BCUT2D eigenvalue weighted by Gasteiger charge is 2.16. The summed E-state index contributed by atoms with van der Waals surface area (Å²) in [6.45, 7) is 1.80. The van der Waals surface area contributed by atoms with E-state index in [0.717, 1.165) is 5.56 Å². The number of rotatable bonds is 3. The van der Waals surface area contributed by atoms with Gasteiger partial charge in [0.05, 0.1) is 9.40 Å². The van der Waals surface area contributed by atoms with E-state index in [1.165, 1.54) is 24.3 Å². The fraction of sp³-hybridized carbons (Fsp3) is 0.0769. The van der Waals surface area contributed by atoms with Crippen molar-refractivity contribution in [3.8, 4) is 11.5 Å². The van der Waals surface area contributed by atoms with Crippen LogP contribution < -0.4 is 4.74 Å². The fourth-order valence-electron chi connectivity index (χ4n) is 1.53. The van der Waals surface area contributed by atoms with Gasteiger partial charge in [0.15, 0.2) is 0 Å². The van der Waals surface area contributed by atoms with Gasteiger partial charge in [-0.3, -0.25) is 10.1 Å². The van der Waals surface area contributed by atoms with E-state index >= 15 is 0 Å². The summed E-state index contributed by atoms with van der Waals surface area (Å²) in [4.78, 5) is 10.4. The van der Waals surface area contributed by atoms with Gasteiger partial charge in [-0.1, -0.05) is 6.07 Å². The first-order valence-electron chi connectivity index (χ1n) is 5.35. The van der Waals surface area contributed by atoms with Crippen molar-refractivity contribution in [1.82, 2.24) is 0 Å². The van der Waals surface area contributed by atoms with Crippen molar-refractivity contribution in [2.45, 2.75) is 6.92 Å². The first-order valence-corrected chi connectivity index (χ1v) is 6.14. The van der Waals surface area contributed by atoms with E-state index in [0.29, 0.717) is 10.2 Å². The topological polar surface area (TPSA) is 52.4 Å². The van der Waals surface area contributed by atoms with Gasteiger partial charge < -0.3 is 4.74 Å². The largest absolute Gasteiger partial charge is 0.449 e. The number of nitro benzene ring substituents is 1. The maximum atomic E-state index is 13.0. The quantitative estimate of drug-likeness (QED) is 0.612. The Labute approximate surface area is 117 Å². The van der Waals surface area contributed by atoms with Crippen LogP contribution in [0.2, 0.25) is 0 Å². The maximum Gasteiger partial charge on any atom is 0.311 e. The zero-order chi connectivity index (χ0) is 14.0. The van der Waals surface area contributed by atoms with E-state index in [9.17, 15) is 14.5 Å². The van der Waals surface area contributed by atoms with Crippen molar-refractivity contribution < 1.29 is 14.1 Å². The normalized spacial score (nSPS) is 10.3. The molecule has 0 saturated carbocycles. The van der Waals surface area contributed by atoms with Crippen LogP contribution in [0, 0.1) is 22.9 Å². The molecule has 4 nitrogen and oxygen atoms in total. The summed E-state index contributed by atoms with van der Waals surface area (Å²) >= 11 is 3.15. The molecule has 2 aromatic rings. The van der Waals surface area contributed by atoms with Crippen LogP contribution in [-0.2, 0) is 0 Å². The number of halogens is 2. The van der Waals surface area contributed by atoms with Gasteiger partial charge in [-0.25, -0.2) is 4.39 Å². The highest BCUT2D eigenvalue weighted by Crippen LogP contribution is 2.35. The zero-order valence-corrected chi connectivity index (χ0v) is 11.5. The minimum atomic E-state index is -0.522. The Bertz CT molecular complexity index is 646. The van der Waals surface area contributed by atoms with Crippen molar-refractivity contribution >= 4 is 21.6 Å². The highest BCUT2D eigenvalue weighted by atomic mass is 79.9. The average Bonchev–Trinajstić information content (AvgIpc) is 2.32. The molecule has 0 saturated heterocycles. The van der Waals surface area contributed by atoms with Gasteiger partial charge in [0.2, 0.25) is 5.75 Å². The molecule has 0 N–H and O–H groups in total. The van der Waals surface area contributed by atoms with Crippen molar-refractivity contribution in [2.75, 3.05) is 0 Å². The molecule has 0 spiro atoms. The molecule has 19 heavy (non-hydrogen) atoms. The summed E-state index contributed by atoms with van der Waals surface area (Å²) in [5, 5.41) is 10.9. The summed E-state index contributed by atoms with van der Waals surface area (Å²) in [5.41, 5.74) is 0.695. The van der Waals surface area contributed by atoms with Crippen LogP contribution in [0.15, 0.2) is 40.9 Å². The number of benzene rings is 2. The van der Waals surface area contributed by atoms with Crippen LogP contribution in [0.25, 0.3) is 0 Å². The van der Waals surface area contributed by atoms with E-state index in [1.54, 1.807) is 19.1 Å². The summed E-state index contributed by atoms with van der Waals surface area (Å²) in [6, 6.07) is 8.44. The van der Waals surface area contributed by atoms with Gasteiger partial charge in [0, 0.05) is 6.07 Å². The van der Waals surface area contributed by atoms with Gasteiger partial charge in [-0.2, -0.15) is 0 Å². The third kappa shape index (κ3) is 3.08.